The third kappa shape index (κ3) is 4.13. The number of aliphatic carboxylic acids is 1. The van der Waals surface area contributed by atoms with E-state index in [-0.39, 0.29) is 35.7 Å². The van der Waals surface area contributed by atoms with Crippen LogP contribution in [0.2, 0.25) is 0 Å². The minimum absolute atomic E-state index is 0.0226. The second-order valence-electron chi connectivity index (χ2n) is 7.58. The number of aliphatic hydroxyl groups excluding tert-OH is 1. The molecule has 0 spiro atoms. The number of carboxylic acids is 1. The largest absolute Gasteiger partial charge is 0.478 e. The molecule has 0 saturated carbocycles. The molecule has 1 aliphatic heterocycles. The van der Waals surface area contributed by atoms with Crippen LogP contribution in [0.25, 0.3) is 5.57 Å². The molecule has 0 aliphatic carbocycles. The quantitative estimate of drug-likeness (QED) is 0.523. The van der Waals surface area contributed by atoms with Gasteiger partial charge >= 0.3 is 5.97 Å². The highest BCUT2D eigenvalue weighted by molar-refractivity contribution is 14.1. The fraction of sp³-hybridized carbons (Fsp3) is 0.261. The molecule has 0 unspecified atom stereocenters. The van der Waals surface area contributed by atoms with E-state index in [9.17, 15) is 19.4 Å². The molecule has 2 aromatic rings. The molecule has 2 aromatic carbocycles. The average Bonchev–Trinajstić information content (AvgIpc) is 2.68. The first-order valence-corrected chi connectivity index (χ1v) is 10.5. The summed E-state index contributed by atoms with van der Waals surface area (Å²) < 4.78 is 29.9. The molecule has 1 atom stereocenters. The summed E-state index contributed by atoms with van der Waals surface area (Å²) in [6, 6.07) is 7.33. The number of nitrogens with zero attached hydrogens (tertiary/aromatic N) is 1. The number of carbonyl (C=O) groups is 1. The molecule has 7 heteroatoms. The van der Waals surface area contributed by atoms with Crippen molar-refractivity contribution >= 4 is 39.8 Å². The van der Waals surface area contributed by atoms with Crippen LogP contribution in [0.5, 0.6) is 0 Å². The highest BCUT2D eigenvalue weighted by Crippen LogP contribution is 2.40. The Balaban J connectivity index is 2.14. The zero-order valence-electron chi connectivity index (χ0n) is 16.6. The zero-order chi connectivity index (χ0) is 22.2. The second-order valence-corrected chi connectivity index (χ2v) is 8.74. The summed E-state index contributed by atoms with van der Waals surface area (Å²) in [6.45, 7) is 7.45. The van der Waals surface area contributed by atoms with Gasteiger partial charge in [0.2, 0.25) is 0 Å². The van der Waals surface area contributed by atoms with Gasteiger partial charge in [0.15, 0.2) is 0 Å². The molecule has 0 amide bonds. The van der Waals surface area contributed by atoms with Crippen molar-refractivity contribution < 1.29 is 23.8 Å². The van der Waals surface area contributed by atoms with Crippen molar-refractivity contribution in [1.29, 1.82) is 0 Å². The summed E-state index contributed by atoms with van der Waals surface area (Å²) in [7, 11) is 0. The average molecular weight is 525 g/mol. The van der Waals surface area contributed by atoms with Crippen molar-refractivity contribution in [1.82, 2.24) is 0 Å². The maximum Gasteiger partial charge on any atom is 0.337 e. The van der Waals surface area contributed by atoms with E-state index in [1.807, 2.05) is 36.4 Å². The predicted molar refractivity (Wildman–Crippen MR) is 121 cm³/mol. The van der Waals surface area contributed by atoms with Crippen molar-refractivity contribution in [3.8, 4) is 0 Å². The van der Waals surface area contributed by atoms with E-state index in [4.69, 9.17) is 0 Å². The van der Waals surface area contributed by atoms with Gasteiger partial charge in [-0.2, -0.15) is 0 Å². The van der Waals surface area contributed by atoms with Crippen molar-refractivity contribution in [2.75, 3.05) is 11.5 Å². The second kappa shape index (κ2) is 8.85. The molecule has 0 aromatic heterocycles. The van der Waals surface area contributed by atoms with Gasteiger partial charge in [-0.05, 0) is 63.4 Å². The number of rotatable bonds is 6. The molecule has 0 saturated heterocycles. The fourth-order valence-corrected chi connectivity index (χ4v) is 4.15. The summed E-state index contributed by atoms with van der Waals surface area (Å²) in [5.41, 5.74) is 1.70. The Labute approximate surface area is 187 Å². The normalized spacial score (nSPS) is 14.6. The molecule has 0 fully saturated rings. The number of halogens is 3. The lowest BCUT2D eigenvalue weighted by molar-refractivity contribution is -0.132. The smallest absolute Gasteiger partial charge is 0.337 e. The van der Waals surface area contributed by atoms with Crippen molar-refractivity contribution in [3.63, 3.8) is 0 Å². The molecule has 0 radical (unpaired) electrons. The first kappa shape index (κ1) is 22.4. The Morgan fingerprint density at radius 1 is 1.23 bits per heavy atom. The zero-order valence-corrected chi connectivity index (χ0v) is 18.8. The van der Waals surface area contributed by atoms with Crippen LogP contribution >= 0.6 is 22.6 Å². The van der Waals surface area contributed by atoms with Crippen LogP contribution in [0.15, 0.2) is 48.7 Å². The van der Waals surface area contributed by atoms with Gasteiger partial charge in [-0.1, -0.05) is 32.6 Å². The monoisotopic (exact) mass is 525 g/mol. The summed E-state index contributed by atoms with van der Waals surface area (Å²) in [6.07, 6.45) is 1.42. The summed E-state index contributed by atoms with van der Waals surface area (Å²) in [4.78, 5) is 13.4. The van der Waals surface area contributed by atoms with Crippen molar-refractivity contribution in [3.05, 3.63) is 80.6 Å². The number of aliphatic hydroxyl groups is 1. The van der Waals surface area contributed by atoms with Gasteiger partial charge in [-0.25, -0.2) is 13.6 Å². The standard InChI is InChI=1S/C23H22F2INO3/c1-12(2)21(11-28)27-10-17(23(29)30)13(3)16-8-15(18(24)9-20(16)27)7-14-5-4-6-19(26)22(14)25/h4-6,8-10,12,21,28H,3,7,11H2,1-2H3,(H,29,30)/t21-/m1/s1. The predicted octanol–water partition coefficient (Wildman–Crippen LogP) is 4.98. The topological polar surface area (TPSA) is 60.8 Å². The lowest BCUT2D eigenvalue weighted by Gasteiger charge is -2.37. The van der Waals surface area contributed by atoms with Gasteiger partial charge in [0.1, 0.15) is 11.6 Å². The number of carboxylic acid groups (broad SMARTS) is 1. The molecule has 3 rings (SSSR count). The van der Waals surface area contributed by atoms with E-state index in [0.29, 0.717) is 20.4 Å². The van der Waals surface area contributed by atoms with E-state index >= 15 is 4.39 Å². The van der Waals surface area contributed by atoms with Crippen LogP contribution in [-0.4, -0.2) is 28.8 Å². The number of benzene rings is 2. The summed E-state index contributed by atoms with van der Waals surface area (Å²) >= 11 is 1.88. The SMILES string of the molecule is C=C1C(C(=O)O)=CN([C@H](CO)C(C)C)c2cc(F)c(Cc3cccc(I)c3F)cc21. The Bertz CT molecular complexity index is 1050. The maximum atomic E-state index is 15.0. The summed E-state index contributed by atoms with van der Waals surface area (Å²) in [5, 5.41) is 19.5. The van der Waals surface area contributed by atoms with E-state index in [2.05, 4.69) is 6.58 Å². The Morgan fingerprint density at radius 2 is 1.93 bits per heavy atom. The first-order valence-electron chi connectivity index (χ1n) is 9.45. The lowest BCUT2D eigenvalue weighted by Crippen LogP contribution is -2.40. The van der Waals surface area contributed by atoms with Crippen molar-refractivity contribution in [2.24, 2.45) is 5.92 Å². The van der Waals surface area contributed by atoms with E-state index in [1.54, 1.807) is 23.1 Å². The molecular weight excluding hydrogens is 503 g/mol. The molecule has 1 aliphatic rings. The molecule has 0 bridgehead atoms. The number of hydrogen-bond acceptors (Lipinski definition) is 3. The maximum absolute atomic E-state index is 15.0. The van der Waals surface area contributed by atoms with Crippen LogP contribution < -0.4 is 4.90 Å². The van der Waals surface area contributed by atoms with Crippen LogP contribution in [0.4, 0.5) is 14.5 Å². The van der Waals surface area contributed by atoms with Crippen molar-refractivity contribution in [2.45, 2.75) is 26.3 Å². The highest BCUT2D eigenvalue weighted by atomic mass is 127. The van der Waals surface area contributed by atoms with E-state index < -0.39 is 23.6 Å². The summed E-state index contributed by atoms with van der Waals surface area (Å²) in [5.74, 6) is -2.12. The van der Waals surface area contributed by atoms with Gasteiger partial charge in [0.25, 0.3) is 0 Å². The Kier molecular flexibility index (Phi) is 6.62. The first-order chi connectivity index (χ1) is 14.1. The lowest BCUT2D eigenvalue weighted by atomic mass is 9.89. The van der Waals surface area contributed by atoms with Gasteiger partial charge in [0, 0.05) is 21.8 Å². The third-order valence-corrected chi connectivity index (χ3v) is 6.15. The minimum Gasteiger partial charge on any atom is -0.478 e. The van der Waals surface area contributed by atoms with Gasteiger partial charge in [-0.3, -0.25) is 0 Å². The molecule has 4 nitrogen and oxygen atoms in total. The third-order valence-electron chi connectivity index (χ3n) is 5.32. The highest BCUT2D eigenvalue weighted by Gasteiger charge is 2.31. The number of hydrogen-bond donors (Lipinski definition) is 2. The van der Waals surface area contributed by atoms with Crippen LogP contribution in [-0.2, 0) is 11.2 Å². The van der Waals surface area contributed by atoms with Gasteiger partial charge in [-0.15, -0.1) is 0 Å². The Hall–Kier alpha value is -2.26. The minimum atomic E-state index is -1.16. The van der Waals surface area contributed by atoms with Gasteiger partial charge in [0.05, 0.1) is 23.9 Å². The molecule has 1 heterocycles. The fourth-order valence-electron chi connectivity index (χ4n) is 3.60. The molecule has 2 N–H and O–H groups in total. The van der Waals surface area contributed by atoms with Crippen LogP contribution in [0.1, 0.15) is 30.5 Å². The Morgan fingerprint density at radius 3 is 2.53 bits per heavy atom. The van der Waals surface area contributed by atoms with Crippen LogP contribution in [0.3, 0.4) is 0 Å². The van der Waals surface area contributed by atoms with E-state index in [1.165, 1.54) is 18.3 Å². The number of fused-ring (bicyclic) bond motifs is 1. The molecular formula is C23H22F2INO3. The van der Waals surface area contributed by atoms with Gasteiger partial charge < -0.3 is 15.1 Å². The van der Waals surface area contributed by atoms with E-state index in [0.717, 1.165) is 0 Å². The van der Waals surface area contributed by atoms with Crippen LogP contribution in [0, 0.1) is 21.1 Å². The molecule has 30 heavy (non-hydrogen) atoms. The number of anilines is 1. The molecule has 158 valence electrons.